The monoisotopic (exact) mass is 333 g/mol. The van der Waals surface area contributed by atoms with Gasteiger partial charge in [0.25, 0.3) is 0 Å². The summed E-state index contributed by atoms with van der Waals surface area (Å²) in [5.74, 6) is 0. The van der Waals surface area contributed by atoms with Crippen molar-refractivity contribution in [2.24, 2.45) is 0 Å². The largest absolute Gasteiger partial charge is 0.392 e. The molecule has 0 fully saturated rings. The van der Waals surface area contributed by atoms with Crippen LogP contribution < -0.4 is 5.32 Å². The zero-order valence-electron chi connectivity index (χ0n) is 13.5. The fourth-order valence-electron chi connectivity index (χ4n) is 2.41. The van der Waals surface area contributed by atoms with Crippen LogP contribution in [0.4, 0.5) is 0 Å². The molecule has 0 saturated heterocycles. The number of sulfone groups is 1. The van der Waals surface area contributed by atoms with E-state index in [0.29, 0.717) is 4.90 Å². The van der Waals surface area contributed by atoms with Gasteiger partial charge in [0.05, 0.1) is 11.5 Å². The van der Waals surface area contributed by atoms with Crippen LogP contribution in [0.1, 0.15) is 29.7 Å². The maximum absolute atomic E-state index is 11.4. The predicted molar refractivity (Wildman–Crippen MR) is 92.0 cm³/mol. The van der Waals surface area contributed by atoms with Gasteiger partial charge in [-0.15, -0.1) is 0 Å². The average molecular weight is 333 g/mol. The molecule has 0 heterocycles. The maximum Gasteiger partial charge on any atom is 0.175 e. The standard InChI is InChI=1S/C18H23NO3S/c1-14(17-5-3-4-16(12-17)13-20)19-11-10-15-6-8-18(9-7-15)23(2,21)22/h3-9,12,14,19-20H,10-11,13H2,1-2H3. The molecule has 0 saturated carbocycles. The van der Waals surface area contributed by atoms with Crippen LogP contribution in [0.15, 0.2) is 53.4 Å². The van der Waals surface area contributed by atoms with Crippen LogP contribution in [-0.2, 0) is 22.9 Å². The number of aliphatic hydroxyl groups excluding tert-OH is 1. The van der Waals surface area contributed by atoms with Crippen molar-refractivity contribution >= 4 is 9.84 Å². The van der Waals surface area contributed by atoms with Crippen LogP contribution in [0.3, 0.4) is 0 Å². The number of benzene rings is 2. The lowest BCUT2D eigenvalue weighted by Crippen LogP contribution is -2.21. The zero-order valence-corrected chi connectivity index (χ0v) is 14.3. The first-order chi connectivity index (χ1) is 10.9. The molecule has 0 aromatic heterocycles. The number of rotatable bonds is 7. The van der Waals surface area contributed by atoms with Crippen molar-refractivity contribution in [3.8, 4) is 0 Å². The normalized spacial score (nSPS) is 13.0. The highest BCUT2D eigenvalue weighted by Crippen LogP contribution is 2.15. The molecule has 23 heavy (non-hydrogen) atoms. The highest BCUT2D eigenvalue weighted by atomic mass is 32.2. The highest BCUT2D eigenvalue weighted by Gasteiger charge is 2.07. The summed E-state index contributed by atoms with van der Waals surface area (Å²) >= 11 is 0. The Morgan fingerprint density at radius 2 is 1.78 bits per heavy atom. The van der Waals surface area contributed by atoms with E-state index in [1.54, 1.807) is 12.1 Å². The summed E-state index contributed by atoms with van der Waals surface area (Å²) in [5.41, 5.74) is 3.15. The van der Waals surface area contributed by atoms with E-state index >= 15 is 0 Å². The summed E-state index contributed by atoms with van der Waals surface area (Å²) in [6.45, 7) is 2.93. The number of aliphatic hydroxyl groups is 1. The quantitative estimate of drug-likeness (QED) is 0.817. The third-order valence-electron chi connectivity index (χ3n) is 3.85. The van der Waals surface area contributed by atoms with Crippen LogP contribution in [0.5, 0.6) is 0 Å². The first-order valence-corrected chi connectivity index (χ1v) is 9.51. The van der Waals surface area contributed by atoms with Gasteiger partial charge in [-0.1, -0.05) is 36.4 Å². The number of hydrogen-bond donors (Lipinski definition) is 2. The van der Waals surface area contributed by atoms with Crippen molar-refractivity contribution in [2.45, 2.75) is 30.9 Å². The van der Waals surface area contributed by atoms with Gasteiger partial charge in [0.15, 0.2) is 9.84 Å². The smallest absolute Gasteiger partial charge is 0.175 e. The zero-order chi connectivity index (χ0) is 16.9. The summed E-state index contributed by atoms with van der Waals surface area (Å²) < 4.78 is 22.9. The van der Waals surface area contributed by atoms with Gasteiger partial charge in [0.1, 0.15) is 0 Å². The molecule has 0 spiro atoms. The molecule has 1 atom stereocenters. The fraction of sp³-hybridized carbons (Fsp3) is 0.333. The van der Waals surface area contributed by atoms with E-state index in [-0.39, 0.29) is 12.6 Å². The molecule has 1 unspecified atom stereocenters. The molecule has 2 N–H and O–H groups in total. The number of nitrogens with one attached hydrogen (secondary N) is 1. The van der Waals surface area contributed by atoms with E-state index in [4.69, 9.17) is 0 Å². The van der Waals surface area contributed by atoms with Gasteiger partial charge in [-0.25, -0.2) is 8.42 Å². The van der Waals surface area contributed by atoms with Crippen LogP contribution in [0, 0.1) is 0 Å². The van der Waals surface area contributed by atoms with Crippen LogP contribution >= 0.6 is 0 Å². The topological polar surface area (TPSA) is 66.4 Å². The van der Waals surface area contributed by atoms with Gasteiger partial charge in [0, 0.05) is 12.3 Å². The SMILES string of the molecule is CC(NCCc1ccc(S(C)(=O)=O)cc1)c1cccc(CO)c1. The molecule has 5 heteroatoms. The van der Waals surface area contributed by atoms with Crippen LogP contribution in [0.2, 0.25) is 0 Å². The van der Waals surface area contributed by atoms with Gasteiger partial charge < -0.3 is 10.4 Å². The lowest BCUT2D eigenvalue weighted by molar-refractivity contribution is 0.281. The molecule has 2 aromatic rings. The molecular formula is C18H23NO3S. The molecule has 0 radical (unpaired) electrons. The summed E-state index contributed by atoms with van der Waals surface area (Å²) in [5, 5.41) is 12.6. The molecule has 0 aliphatic heterocycles. The number of hydrogen-bond acceptors (Lipinski definition) is 4. The van der Waals surface area contributed by atoms with Crippen molar-refractivity contribution < 1.29 is 13.5 Å². The van der Waals surface area contributed by atoms with Gasteiger partial charge in [-0.3, -0.25) is 0 Å². The minimum Gasteiger partial charge on any atom is -0.392 e. The lowest BCUT2D eigenvalue weighted by atomic mass is 10.1. The minimum atomic E-state index is -3.13. The first kappa shape index (κ1) is 17.7. The Morgan fingerprint density at radius 1 is 1.09 bits per heavy atom. The van der Waals surface area contributed by atoms with Crippen molar-refractivity contribution in [1.82, 2.24) is 5.32 Å². The van der Waals surface area contributed by atoms with Crippen molar-refractivity contribution in [1.29, 1.82) is 0 Å². The van der Waals surface area contributed by atoms with E-state index in [9.17, 15) is 13.5 Å². The Kier molecular flexibility index (Phi) is 5.93. The Labute approximate surface area is 138 Å². The van der Waals surface area contributed by atoms with Gasteiger partial charge in [-0.05, 0) is 48.7 Å². The van der Waals surface area contributed by atoms with E-state index in [0.717, 1.165) is 29.7 Å². The average Bonchev–Trinajstić information content (AvgIpc) is 2.54. The maximum atomic E-state index is 11.4. The summed E-state index contributed by atoms with van der Waals surface area (Å²) in [6, 6.07) is 15.1. The molecule has 0 amide bonds. The third-order valence-corrected chi connectivity index (χ3v) is 4.98. The van der Waals surface area contributed by atoms with Gasteiger partial charge in [-0.2, -0.15) is 0 Å². The Balaban J connectivity index is 1.89. The first-order valence-electron chi connectivity index (χ1n) is 7.62. The minimum absolute atomic E-state index is 0.0489. The Morgan fingerprint density at radius 3 is 2.39 bits per heavy atom. The molecule has 0 aliphatic rings. The van der Waals surface area contributed by atoms with Crippen LogP contribution in [-0.4, -0.2) is 26.3 Å². The molecule has 124 valence electrons. The van der Waals surface area contributed by atoms with Crippen molar-refractivity contribution in [2.75, 3.05) is 12.8 Å². The molecular weight excluding hydrogens is 310 g/mol. The predicted octanol–water partition coefficient (Wildman–Crippen LogP) is 2.48. The Hall–Kier alpha value is -1.69. The third kappa shape index (κ3) is 5.16. The summed E-state index contributed by atoms with van der Waals surface area (Å²) in [4.78, 5) is 0.350. The highest BCUT2D eigenvalue weighted by molar-refractivity contribution is 7.90. The fourth-order valence-corrected chi connectivity index (χ4v) is 3.05. The lowest BCUT2D eigenvalue weighted by Gasteiger charge is -2.15. The molecule has 0 bridgehead atoms. The summed E-state index contributed by atoms with van der Waals surface area (Å²) in [7, 11) is -3.13. The molecule has 4 nitrogen and oxygen atoms in total. The van der Waals surface area contributed by atoms with E-state index in [1.165, 1.54) is 6.26 Å². The van der Waals surface area contributed by atoms with E-state index in [2.05, 4.69) is 12.2 Å². The molecule has 2 rings (SSSR count). The van der Waals surface area contributed by atoms with Gasteiger partial charge in [0.2, 0.25) is 0 Å². The summed E-state index contributed by atoms with van der Waals surface area (Å²) in [6.07, 6.45) is 2.04. The van der Waals surface area contributed by atoms with Gasteiger partial charge >= 0.3 is 0 Å². The molecule has 2 aromatic carbocycles. The Bertz CT molecular complexity index is 739. The second-order valence-corrected chi connectivity index (χ2v) is 7.76. The molecule has 0 aliphatic carbocycles. The van der Waals surface area contributed by atoms with Crippen molar-refractivity contribution in [3.63, 3.8) is 0 Å². The van der Waals surface area contributed by atoms with Crippen molar-refractivity contribution in [3.05, 3.63) is 65.2 Å². The van der Waals surface area contributed by atoms with E-state index < -0.39 is 9.84 Å². The van der Waals surface area contributed by atoms with Crippen LogP contribution in [0.25, 0.3) is 0 Å². The van der Waals surface area contributed by atoms with E-state index in [1.807, 2.05) is 36.4 Å². The second-order valence-electron chi connectivity index (χ2n) is 5.75. The second kappa shape index (κ2) is 7.73.